The minimum absolute atomic E-state index is 0.379. The van der Waals surface area contributed by atoms with Gasteiger partial charge in [-0.25, -0.2) is 4.98 Å². The fourth-order valence-electron chi connectivity index (χ4n) is 5.22. The Kier molecular flexibility index (Phi) is 1.98. The van der Waals surface area contributed by atoms with Crippen LogP contribution in [0.25, 0.3) is 0 Å². The van der Waals surface area contributed by atoms with Gasteiger partial charge in [-0.05, 0) is 63.2 Å². The summed E-state index contributed by atoms with van der Waals surface area (Å²) < 4.78 is 0. The molecule has 2 N–H and O–H groups in total. The first kappa shape index (κ1) is 10.4. The zero-order chi connectivity index (χ0) is 11.6. The standard InChI is InChI=1S/C14H20N2S/c1-8-16-12(13(15)17-8)14-5-9-2-10(6-14)4-11(3-9)7-14/h9-11H,2-7,15H2,1H3. The second kappa shape index (κ2) is 3.25. The molecule has 4 aliphatic carbocycles. The van der Waals surface area contributed by atoms with Gasteiger partial charge < -0.3 is 5.73 Å². The molecule has 3 heteroatoms. The van der Waals surface area contributed by atoms with E-state index in [1.807, 2.05) is 0 Å². The molecule has 4 fully saturated rings. The number of aryl methyl sites for hydroxylation is 1. The summed E-state index contributed by atoms with van der Waals surface area (Å²) >= 11 is 1.68. The highest BCUT2D eigenvalue weighted by molar-refractivity contribution is 7.15. The van der Waals surface area contributed by atoms with E-state index in [4.69, 9.17) is 10.7 Å². The van der Waals surface area contributed by atoms with Gasteiger partial charge in [0, 0.05) is 5.41 Å². The molecular formula is C14H20N2S. The zero-order valence-electron chi connectivity index (χ0n) is 10.4. The summed E-state index contributed by atoms with van der Waals surface area (Å²) in [5.74, 6) is 2.92. The summed E-state index contributed by atoms with van der Waals surface area (Å²) in [6.45, 7) is 2.09. The topological polar surface area (TPSA) is 38.9 Å². The quantitative estimate of drug-likeness (QED) is 0.826. The average Bonchev–Trinajstić information content (AvgIpc) is 2.56. The number of nitrogens with two attached hydrogens (primary N) is 1. The van der Waals surface area contributed by atoms with Crippen LogP contribution in [0.15, 0.2) is 0 Å². The minimum atomic E-state index is 0.379. The van der Waals surface area contributed by atoms with Gasteiger partial charge in [0.2, 0.25) is 0 Å². The molecule has 1 heterocycles. The first-order valence-corrected chi connectivity index (χ1v) is 7.70. The van der Waals surface area contributed by atoms with Crippen LogP contribution in [0.1, 0.15) is 49.2 Å². The Morgan fingerprint density at radius 3 is 2.06 bits per heavy atom. The van der Waals surface area contributed by atoms with E-state index in [-0.39, 0.29) is 0 Å². The van der Waals surface area contributed by atoms with E-state index in [1.165, 1.54) is 44.2 Å². The zero-order valence-corrected chi connectivity index (χ0v) is 11.2. The lowest BCUT2D eigenvalue weighted by Crippen LogP contribution is -2.49. The van der Waals surface area contributed by atoms with Crippen LogP contribution in [0.4, 0.5) is 5.00 Å². The molecular weight excluding hydrogens is 228 g/mol. The second-order valence-electron chi connectivity index (χ2n) is 6.64. The Hall–Kier alpha value is -0.570. The maximum absolute atomic E-state index is 6.22. The van der Waals surface area contributed by atoms with E-state index >= 15 is 0 Å². The number of aromatic nitrogens is 1. The fraction of sp³-hybridized carbons (Fsp3) is 0.786. The van der Waals surface area contributed by atoms with E-state index in [1.54, 1.807) is 11.3 Å². The smallest absolute Gasteiger partial charge is 0.110 e. The van der Waals surface area contributed by atoms with Gasteiger partial charge in [0.25, 0.3) is 0 Å². The van der Waals surface area contributed by atoms with Gasteiger partial charge in [0.15, 0.2) is 0 Å². The molecule has 0 saturated heterocycles. The first-order valence-electron chi connectivity index (χ1n) is 6.88. The molecule has 0 amide bonds. The Labute approximate surface area is 107 Å². The Balaban J connectivity index is 1.79. The van der Waals surface area contributed by atoms with Gasteiger partial charge in [-0.15, -0.1) is 11.3 Å². The Bertz CT molecular complexity index is 428. The third-order valence-electron chi connectivity index (χ3n) is 5.30. The monoisotopic (exact) mass is 248 g/mol. The maximum atomic E-state index is 6.22. The van der Waals surface area contributed by atoms with Crippen LogP contribution in [-0.2, 0) is 5.41 Å². The van der Waals surface area contributed by atoms with E-state index in [2.05, 4.69) is 6.92 Å². The number of thiazole rings is 1. The SMILES string of the molecule is Cc1nc(C23CC4CC(CC(C4)C2)C3)c(N)s1. The van der Waals surface area contributed by atoms with Crippen LogP contribution < -0.4 is 5.73 Å². The molecule has 1 aromatic rings. The van der Waals surface area contributed by atoms with Crippen LogP contribution in [0.5, 0.6) is 0 Å². The molecule has 0 unspecified atom stereocenters. The van der Waals surface area contributed by atoms with E-state index in [9.17, 15) is 0 Å². The van der Waals surface area contributed by atoms with Crippen molar-refractivity contribution in [1.29, 1.82) is 0 Å². The van der Waals surface area contributed by atoms with Crippen molar-refractivity contribution in [3.05, 3.63) is 10.7 Å². The lowest BCUT2D eigenvalue weighted by molar-refractivity contribution is -0.00662. The largest absolute Gasteiger partial charge is 0.389 e. The van der Waals surface area contributed by atoms with Gasteiger partial charge in [-0.3, -0.25) is 0 Å². The Morgan fingerprint density at radius 1 is 1.12 bits per heavy atom. The molecule has 0 aliphatic heterocycles. The number of anilines is 1. The molecule has 4 bridgehead atoms. The molecule has 0 aromatic carbocycles. The predicted octanol–water partition coefficient (Wildman–Crippen LogP) is 3.50. The van der Waals surface area contributed by atoms with Crippen LogP contribution in [0.3, 0.4) is 0 Å². The van der Waals surface area contributed by atoms with Crippen molar-refractivity contribution in [2.45, 2.75) is 50.9 Å². The molecule has 1 aromatic heterocycles. The van der Waals surface area contributed by atoms with E-state index in [0.717, 1.165) is 27.8 Å². The molecule has 0 radical (unpaired) electrons. The molecule has 0 atom stereocenters. The normalized spacial score (nSPS) is 43.2. The van der Waals surface area contributed by atoms with Crippen molar-refractivity contribution >= 4 is 16.3 Å². The van der Waals surface area contributed by atoms with E-state index in [0.29, 0.717) is 5.41 Å². The number of hydrogen-bond donors (Lipinski definition) is 1. The third-order valence-corrected chi connectivity index (χ3v) is 6.10. The van der Waals surface area contributed by atoms with Crippen molar-refractivity contribution in [3.8, 4) is 0 Å². The van der Waals surface area contributed by atoms with Crippen molar-refractivity contribution in [3.63, 3.8) is 0 Å². The van der Waals surface area contributed by atoms with Gasteiger partial charge in [0.05, 0.1) is 10.7 Å². The van der Waals surface area contributed by atoms with Gasteiger partial charge in [0.1, 0.15) is 5.00 Å². The highest BCUT2D eigenvalue weighted by Gasteiger charge is 2.53. The molecule has 4 saturated carbocycles. The Morgan fingerprint density at radius 2 is 1.65 bits per heavy atom. The van der Waals surface area contributed by atoms with Crippen molar-refractivity contribution in [2.75, 3.05) is 5.73 Å². The third kappa shape index (κ3) is 1.41. The molecule has 4 aliphatic rings. The lowest BCUT2D eigenvalue weighted by atomic mass is 9.49. The molecule has 17 heavy (non-hydrogen) atoms. The van der Waals surface area contributed by atoms with Crippen LogP contribution in [0.2, 0.25) is 0 Å². The first-order chi connectivity index (χ1) is 8.14. The number of nitrogen functional groups attached to an aromatic ring is 1. The van der Waals surface area contributed by atoms with Crippen LogP contribution in [0, 0.1) is 24.7 Å². The second-order valence-corrected chi connectivity index (χ2v) is 7.88. The average molecular weight is 248 g/mol. The lowest BCUT2D eigenvalue weighted by Gasteiger charge is -2.56. The highest BCUT2D eigenvalue weighted by atomic mass is 32.1. The number of rotatable bonds is 1. The summed E-state index contributed by atoms with van der Waals surface area (Å²) in [5, 5.41) is 2.15. The predicted molar refractivity (Wildman–Crippen MR) is 71.1 cm³/mol. The number of nitrogens with zero attached hydrogens (tertiary/aromatic N) is 1. The van der Waals surface area contributed by atoms with Gasteiger partial charge in [-0.1, -0.05) is 0 Å². The maximum Gasteiger partial charge on any atom is 0.110 e. The van der Waals surface area contributed by atoms with Crippen molar-refractivity contribution in [2.24, 2.45) is 17.8 Å². The summed E-state index contributed by atoms with van der Waals surface area (Å²) in [6, 6.07) is 0. The molecule has 2 nitrogen and oxygen atoms in total. The van der Waals surface area contributed by atoms with Gasteiger partial charge in [-0.2, -0.15) is 0 Å². The van der Waals surface area contributed by atoms with Crippen LogP contribution in [-0.4, -0.2) is 4.98 Å². The summed E-state index contributed by atoms with van der Waals surface area (Å²) in [7, 11) is 0. The van der Waals surface area contributed by atoms with Crippen LogP contribution >= 0.6 is 11.3 Å². The van der Waals surface area contributed by atoms with E-state index < -0.39 is 0 Å². The summed E-state index contributed by atoms with van der Waals surface area (Å²) in [4.78, 5) is 4.79. The highest BCUT2D eigenvalue weighted by Crippen LogP contribution is 2.61. The van der Waals surface area contributed by atoms with Crippen molar-refractivity contribution in [1.82, 2.24) is 4.98 Å². The summed E-state index contributed by atoms with van der Waals surface area (Å²) in [5.41, 5.74) is 7.87. The fourth-order valence-corrected chi connectivity index (χ4v) is 6.04. The minimum Gasteiger partial charge on any atom is -0.389 e. The van der Waals surface area contributed by atoms with Gasteiger partial charge >= 0.3 is 0 Å². The molecule has 0 spiro atoms. The van der Waals surface area contributed by atoms with Crippen molar-refractivity contribution < 1.29 is 0 Å². The summed E-state index contributed by atoms with van der Waals surface area (Å²) in [6.07, 6.45) is 8.57. The molecule has 92 valence electrons. The molecule has 5 rings (SSSR count). The number of hydrogen-bond acceptors (Lipinski definition) is 3.